The van der Waals surface area contributed by atoms with Crippen LogP contribution in [0.25, 0.3) is 0 Å². The molecule has 0 spiro atoms. The van der Waals surface area contributed by atoms with E-state index in [-0.39, 0.29) is 36.9 Å². The number of hydrogen-bond donors (Lipinski definition) is 2. The van der Waals surface area contributed by atoms with Gasteiger partial charge in [-0.05, 0) is 37.1 Å². The minimum Gasteiger partial charge on any atom is -0.374 e. The van der Waals surface area contributed by atoms with Gasteiger partial charge in [0.1, 0.15) is 0 Å². The molecule has 24 heavy (non-hydrogen) atoms. The summed E-state index contributed by atoms with van der Waals surface area (Å²) < 4.78 is 5.58. The Balaban J connectivity index is 0.00000288. The van der Waals surface area contributed by atoms with E-state index >= 15 is 0 Å². The highest BCUT2D eigenvalue weighted by atomic mass is 35.5. The van der Waals surface area contributed by atoms with Gasteiger partial charge in [0, 0.05) is 18.2 Å². The summed E-state index contributed by atoms with van der Waals surface area (Å²) in [6, 6.07) is 17.0. The first-order valence-corrected chi connectivity index (χ1v) is 7.85. The number of ether oxygens (including phenoxy) is 1. The Kier molecular flexibility index (Phi) is 8.47. The highest BCUT2D eigenvalue weighted by Gasteiger charge is 2.11. The van der Waals surface area contributed by atoms with E-state index in [1.165, 1.54) is 0 Å². The van der Waals surface area contributed by atoms with E-state index in [0.717, 1.165) is 16.8 Å². The van der Waals surface area contributed by atoms with Crippen LogP contribution in [0, 0.1) is 0 Å². The summed E-state index contributed by atoms with van der Waals surface area (Å²) in [4.78, 5) is 12.2. The van der Waals surface area contributed by atoms with E-state index in [9.17, 15) is 4.79 Å². The van der Waals surface area contributed by atoms with Crippen molar-refractivity contribution in [1.29, 1.82) is 0 Å². The first kappa shape index (κ1) is 20.2. The maximum Gasteiger partial charge on any atom is 0.226 e. The predicted molar refractivity (Wildman–Crippen MR) is 100 cm³/mol. The summed E-state index contributed by atoms with van der Waals surface area (Å²) in [6.45, 7) is 4.53. The van der Waals surface area contributed by atoms with Gasteiger partial charge in [-0.2, -0.15) is 0 Å². The Morgan fingerprint density at radius 1 is 1.12 bits per heavy atom. The van der Waals surface area contributed by atoms with Gasteiger partial charge in [0.2, 0.25) is 5.91 Å². The summed E-state index contributed by atoms with van der Waals surface area (Å²) in [6.07, 6.45) is 0.425. The third kappa shape index (κ3) is 6.71. The van der Waals surface area contributed by atoms with E-state index in [0.29, 0.717) is 6.61 Å². The van der Waals surface area contributed by atoms with Crippen LogP contribution in [-0.4, -0.2) is 12.0 Å². The second-order valence-electron chi connectivity index (χ2n) is 5.83. The third-order valence-corrected chi connectivity index (χ3v) is 3.43. The highest BCUT2D eigenvalue weighted by Crippen LogP contribution is 2.16. The zero-order chi connectivity index (χ0) is 16.7. The summed E-state index contributed by atoms with van der Waals surface area (Å²) in [5.74, 6) is -0.0942. The number of halogens is 1. The van der Waals surface area contributed by atoms with Crippen molar-refractivity contribution in [3.05, 3.63) is 65.7 Å². The molecule has 130 valence electrons. The standard InChI is InChI=1S/C19H24N2O2.ClH/c1-14(2)23-13-15-7-6-10-17(11-15)21-19(22)12-18(20)16-8-4-3-5-9-16;/h3-11,14,18H,12-13,20H2,1-2H3,(H,21,22);1H. The molecule has 2 aromatic rings. The van der Waals surface area contributed by atoms with Gasteiger partial charge in [0.05, 0.1) is 12.7 Å². The molecule has 0 aliphatic heterocycles. The number of rotatable bonds is 7. The highest BCUT2D eigenvalue weighted by molar-refractivity contribution is 5.91. The molecule has 0 aliphatic carbocycles. The first-order chi connectivity index (χ1) is 11.0. The van der Waals surface area contributed by atoms with Crippen LogP contribution in [-0.2, 0) is 16.1 Å². The molecule has 1 unspecified atom stereocenters. The Bertz CT molecular complexity index is 632. The minimum atomic E-state index is -0.302. The van der Waals surface area contributed by atoms with Crippen LogP contribution in [0.2, 0.25) is 0 Å². The maximum atomic E-state index is 12.2. The van der Waals surface area contributed by atoms with Crippen LogP contribution in [0.4, 0.5) is 5.69 Å². The largest absolute Gasteiger partial charge is 0.374 e. The summed E-state index contributed by atoms with van der Waals surface area (Å²) in [5.41, 5.74) is 8.83. The lowest BCUT2D eigenvalue weighted by Gasteiger charge is -2.13. The van der Waals surface area contributed by atoms with Gasteiger partial charge in [-0.25, -0.2) is 0 Å². The van der Waals surface area contributed by atoms with Crippen LogP contribution in [0.3, 0.4) is 0 Å². The first-order valence-electron chi connectivity index (χ1n) is 7.85. The normalized spacial score (nSPS) is 11.7. The smallest absolute Gasteiger partial charge is 0.226 e. The van der Waals surface area contributed by atoms with Crippen LogP contribution < -0.4 is 11.1 Å². The van der Waals surface area contributed by atoms with Crippen molar-refractivity contribution in [1.82, 2.24) is 0 Å². The fraction of sp³-hybridized carbons (Fsp3) is 0.316. The molecule has 1 amide bonds. The predicted octanol–water partition coefficient (Wildman–Crippen LogP) is 4.06. The molecule has 3 N–H and O–H groups in total. The van der Waals surface area contributed by atoms with Gasteiger partial charge in [-0.3, -0.25) is 4.79 Å². The van der Waals surface area contributed by atoms with Crippen molar-refractivity contribution >= 4 is 24.0 Å². The summed E-state index contributed by atoms with van der Waals surface area (Å²) in [7, 11) is 0. The van der Waals surface area contributed by atoms with E-state index in [4.69, 9.17) is 10.5 Å². The van der Waals surface area contributed by atoms with Gasteiger partial charge >= 0.3 is 0 Å². The molecule has 4 nitrogen and oxygen atoms in total. The third-order valence-electron chi connectivity index (χ3n) is 3.43. The Morgan fingerprint density at radius 2 is 1.83 bits per heavy atom. The molecule has 0 fully saturated rings. The molecular formula is C19H25ClN2O2. The van der Waals surface area contributed by atoms with Crippen molar-refractivity contribution in [3.63, 3.8) is 0 Å². The number of carbonyl (C=O) groups is 1. The summed E-state index contributed by atoms with van der Waals surface area (Å²) >= 11 is 0. The number of amides is 1. The molecule has 5 heteroatoms. The van der Waals surface area contributed by atoms with Gasteiger partial charge in [0.15, 0.2) is 0 Å². The number of carbonyl (C=O) groups excluding carboxylic acids is 1. The fourth-order valence-electron chi connectivity index (χ4n) is 2.23. The second-order valence-corrected chi connectivity index (χ2v) is 5.83. The van der Waals surface area contributed by atoms with Crippen molar-refractivity contribution in [3.8, 4) is 0 Å². The van der Waals surface area contributed by atoms with E-state index in [1.54, 1.807) is 0 Å². The molecule has 0 radical (unpaired) electrons. The quantitative estimate of drug-likeness (QED) is 0.793. The molecule has 2 aromatic carbocycles. The Labute approximate surface area is 149 Å². The molecule has 0 saturated carbocycles. The monoisotopic (exact) mass is 348 g/mol. The molecule has 0 aromatic heterocycles. The molecule has 2 rings (SSSR count). The molecule has 0 bridgehead atoms. The van der Waals surface area contributed by atoms with Crippen molar-refractivity contribution < 1.29 is 9.53 Å². The molecule has 0 aliphatic rings. The van der Waals surface area contributed by atoms with E-state index in [2.05, 4.69) is 5.32 Å². The average molecular weight is 349 g/mol. The van der Waals surface area contributed by atoms with Gasteiger partial charge in [0.25, 0.3) is 0 Å². The van der Waals surface area contributed by atoms with Gasteiger partial charge < -0.3 is 15.8 Å². The second kappa shape index (κ2) is 10.1. The van der Waals surface area contributed by atoms with Crippen molar-refractivity contribution in [2.45, 2.75) is 39.0 Å². The number of benzene rings is 2. The lowest BCUT2D eigenvalue weighted by atomic mass is 10.0. The maximum absolute atomic E-state index is 12.2. The molecule has 1 atom stereocenters. The molecular weight excluding hydrogens is 324 g/mol. The lowest BCUT2D eigenvalue weighted by molar-refractivity contribution is -0.116. The zero-order valence-corrected chi connectivity index (χ0v) is 14.9. The fourth-order valence-corrected chi connectivity index (χ4v) is 2.23. The average Bonchev–Trinajstić information content (AvgIpc) is 2.54. The zero-order valence-electron chi connectivity index (χ0n) is 14.1. The lowest BCUT2D eigenvalue weighted by Crippen LogP contribution is -2.20. The molecule has 0 heterocycles. The topological polar surface area (TPSA) is 64.3 Å². The number of anilines is 1. The van der Waals surface area contributed by atoms with Gasteiger partial charge in [-0.1, -0.05) is 42.5 Å². The van der Waals surface area contributed by atoms with Gasteiger partial charge in [-0.15, -0.1) is 12.4 Å². The van der Waals surface area contributed by atoms with Crippen LogP contribution in [0.5, 0.6) is 0 Å². The van der Waals surface area contributed by atoms with Crippen molar-refractivity contribution in [2.24, 2.45) is 5.73 Å². The number of nitrogens with two attached hydrogens (primary N) is 1. The molecule has 0 saturated heterocycles. The van der Waals surface area contributed by atoms with Crippen LogP contribution >= 0.6 is 12.4 Å². The van der Waals surface area contributed by atoms with E-state index in [1.807, 2.05) is 68.4 Å². The van der Waals surface area contributed by atoms with Crippen molar-refractivity contribution in [2.75, 3.05) is 5.32 Å². The number of hydrogen-bond acceptors (Lipinski definition) is 3. The Hall–Kier alpha value is -1.88. The van der Waals surface area contributed by atoms with Crippen LogP contribution in [0.15, 0.2) is 54.6 Å². The number of nitrogens with one attached hydrogen (secondary N) is 1. The van der Waals surface area contributed by atoms with E-state index < -0.39 is 0 Å². The minimum absolute atomic E-state index is 0. The van der Waals surface area contributed by atoms with Crippen LogP contribution in [0.1, 0.15) is 37.4 Å². The SMILES string of the molecule is CC(C)OCc1cccc(NC(=O)CC(N)c2ccccc2)c1.Cl. The Morgan fingerprint density at radius 3 is 2.50 bits per heavy atom. The summed E-state index contributed by atoms with van der Waals surface area (Å²) in [5, 5.41) is 2.90.